The lowest BCUT2D eigenvalue weighted by molar-refractivity contribution is 0.158. The maximum Gasteiger partial charge on any atom is 0.421 e. The Labute approximate surface area is 89.6 Å². The number of amides is 1. The normalized spacial score (nSPS) is 17.7. The summed E-state index contributed by atoms with van der Waals surface area (Å²) in [5, 5.41) is 0. The Bertz CT molecular complexity index is 309. The van der Waals surface area contributed by atoms with Gasteiger partial charge in [0.1, 0.15) is 0 Å². The van der Waals surface area contributed by atoms with Crippen molar-refractivity contribution in [3.8, 4) is 0 Å². The van der Waals surface area contributed by atoms with E-state index in [-0.39, 0.29) is 12.6 Å². The van der Waals surface area contributed by atoms with Crippen LogP contribution in [-0.2, 0) is 14.9 Å². The molecule has 1 aliphatic carbocycles. The molecule has 15 heavy (non-hydrogen) atoms. The lowest BCUT2D eigenvalue weighted by Gasteiger charge is -2.12. The molecular formula is C8H16N2O4S. The third-order valence-corrected chi connectivity index (χ3v) is 3.25. The van der Waals surface area contributed by atoms with Crippen LogP contribution >= 0.6 is 0 Å². The number of ether oxygens (including phenoxy) is 1. The Morgan fingerprint density at radius 3 is 2.53 bits per heavy atom. The maximum absolute atomic E-state index is 11.3. The summed E-state index contributed by atoms with van der Waals surface area (Å²) in [6.45, 7) is 1.75. The van der Waals surface area contributed by atoms with Crippen molar-refractivity contribution in [1.82, 2.24) is 9.44 Å². The van der Waals surface area contributed by atoms with Gasteiger partial charge in [-0.15, -0.1) is 0 Å². The molecule has 7 heteroatoms. The third kappa shape index (κ3) is 4.48. The SMILES string of the molecule is CCOC(=O)NS(=O)(=O)NC1CCCC1. The fraction of sp³-hybridized carbons (Fsp3) is 0.875. The summed E-state index contributed by atoms with van der Waals surface area (Å²) in [7, 11) is -3.76. The lowest BCUT2D eigenvalue weighted by Crippen LogP contribution is -2.44. The number of nitrogens with one attached hydrogen (secondary N) is 2. The highest BCUT2D eigenvalue weighted by atomic mass is 32.2. The van der Waals surface area contributed by atoms with Gasteiger partial charge in [0, 0.05) is 6.04 Å². The second-order valence-corrected chi connectivity index (χ2v) is 4.87. The first-order valence-electron chi connectivity index (χ1n) is 5.00. The van der Waals surface area contributed by atoms with Crippen molar-refractivity contribution in [2.75, 3.05) is 6.61 Å². The molecule has 0 atom stereocenters. The summed E-state index contributed by atoms with van der Waals surface area (Å²) in [6.07, 6.45) is 2.75. The van der Waals surface area contributed by atoms with Crippen LogP contribution in [0.15, 0.2) is 0 Å². The Balaban J connectivity index is 2.40. The van der Waals surface area contributed by atoms with Gasteiger partial charge in [-0.25, -0.2) is 9.52 Å². The fourth-order valence-electron chi connectivity index (χ4n) is 1.56. The van der Waals surface area contributed by atoms with Crippen LogP contribution in [0.2, 0.25) is 0 Å². The van der Waals surface area contributed by atoms with Gasteiger partial charge in [-0.05, 0) is 19.8 Å². The minimum Gasteiger partial charge on any atom is -0.449 e. The van der Waals surface area contributed by atoms with Gasteiger partial charge in [-0.2, -0.15) is 13.1 Å². The van der Waals surface area contributed by atoms with Crippen molar-refractivity contribution < 1.29 is 17.9 Å². The molecule has 0 radical (unpaired) electrons. The number of hydrogen-bond donors (Lipinski definition) is 2. The van der Waals surface area contributed by atoms with Crippen molar-refractivity contribution in [1.29, 1.82) is 0 Å². The molecule has 1 aliphatic rings. The molecule has 0 aromatic heterocycles. The summed E-state index contributed by atoms with van der Waals surface area (Å²) < 4.78 is 31.4. The smallest absolute Gasteiger partial charge is 0.421 e. The third-order valence-electron chi connectivity index (χ3n) is 2.17. The molecule has 2 N–H and O–H groups in total. The Kier molecular flexibility index (Phi) is 4.34. The second-order valence-electron chi connectivity index (χ2n) is 3.43. The molecular weight excluding hydrogens is 220 g/mol. The number of carbonyl (C=O) groups is 1. The summed E-state index contributed by atoms with van der Waals surface area (Å²) in [4.78, 5) is 10.9. The topological polar surface area (TPSA) is 84.5 Å². The van der Waals surface area contributed by atoms with E-state index < -0.39 is 16.3 Å². The summed E-state index contributed by atoms with van der Waals surface area (Å²) >= 11 is 0. The van der Waals surface area contributed by atoms with E-state index in [0.29, 0.717) is 0 Å². The molecule has 1 saturated carbocycles. The molecule has 0 saturated heterocycles. The van der Waals surface area contributed by atoms with Crippen LogP contribution in [0, 0.1) is 0 Å². The Morgan fingerprint density at radius 2 is 2.00 bits per heavy atom. The first kappa shape index (κ1) is 12.3. The van der Waals surface area contributed by atoms with E-state index in [1.54, 1.807) is 11.6 Å². The van der Waals surface area contributed by atoms with Crippen molar-refractivity contribution in [2.24, 2.45) is 0 Å². The van der Waals surface area contributed by atoms with Crippen LogP contribution in [0.3, 0.4) is 0 Å². The maximum atomic E-state index is 11.3. The van der Waals surface area contributed by atoms with Crippen LogP contribution < -0.4 is 9.44 Å². The quantitative estimate of drug-likeness (QED) is 0.744. The van der Waals surface area contributed by atoms with Gasteiger partial charge >= 0.3 is 16.3 Å². The Morgan fingerprint density at radius 1 is 1.40 bits per heavy atom. The van der Waals surface area contributed by atoms with E-state index in [1.165, 1.54) is 0 Å². The molecule has 6 nitrogen and oxygen atoms in total. The molecule has 1 amide bonds. The van der Waals surface area contributed by atoms with Crippen molar-refractivity contribution >= 4 is 16.3 Å². The van der Waals surface area contributed by atoms with Gasteiger partial charge in [0.25, 0.3) is 0 Å². The van der Waals surface area contributed by atoms with E-state index in [9.17, 15) is 13.2 Å². The van der Waals surface area contributed by atoms with E-state index in [2.05, 4.69) is 9.46 Å². The van der Waals surface area contributed by atoms with Crippen LogP contribution in [0.4, 0.5) is 4.79 Å². The average molecular weight is 236 g/mol. The monoisotopic (exact) mass is 236 g/mol. The van der Waals surface area contributed by atoms with Crippen LogP contribution in [-0.4, -0.2) is 27.2 Å². The first-order valence-corrected chi connectivity index (χ1v) is 6.48. The zero-order valence-electron chi connectivity index (χ0n) is 8.65. The number of carbonyl (C=O) groups excluding carboxylic acids is 1. The standard InChI is InChI=1S/C8H16N2O4S/c1-2-14-8(11)10-15(12,13)9-7-5-3-4-6-7/h7,9H,2-6H2,1H3,(H,10,11). The van der Waals surface area contributed by atoms with Crippen molar-refractivity contribution in [3.05, 3.63) is 0 Å². The highest BCUT2D eigenvalue weighted by Crippen LogP contribution is 2.17. The lowest BCUT2D eigenvalue weighted by atomic mass is 10.3. The molecule has 0 spiro atoms. The fourth-order valence-corrected chi connectivity index (χ4v) is 2.57. The van der Waals surface area contributed by atoms with Gasteiger partial charge in [0.15, 0.2) is 0 Å². The predicted octanol–water partition coefficient (Wildman–Crippen LogP) is 0.509. The Hall–Kier alpha value is -0.820. The molecule has 0 bridgehead atoms. The molecule has 0 aliphatic heterocycles. The van der Waals surface area contributed by atoms with E-state index in [1.807, 2.05) is 0 Å². The highest BCUT2D eigenvalue weighted by molar-refractivity contribution is 7.88. The van der Waals surface area contributed by atoms with Crippen LogP contribution in [0.5, 0.6) is 0 Å². The molecule has 88 valence electrons. The minimum atomic E-state index is -3.76. The van der Waals surface area contributed by atoms with Gasteiger partial charge in [0.05, 0.1) is 6.61 Å². The van der Waals surface area contributed by atoms with Gasteiger partial charge in [-0.1, -0.05) is 12.8 Å². The molecule has 1 fully saturated rings. The molecule has 0 heterocycles. The average Bonchev–Trinajstić information content (AvgIpc) is 2.54. The molecule has 1 rings (SSSR count). The molecule has 0 aromatic carbocycles. The zero-order chi connectivity index (χ0) is 11.3. The molecule has 0 unspecified atom stereocenters. The predicted molar refractivity (Wildman–Crippen MR) is 54.5 cm³/mol. The summed E-state index contributed by atoms with van der Waals surface area (Å²) in [5.74, 6) is 0. The van der Waals surface area contributed by atoms with Crippen LogP contribution in [0.25, 0.3) is 0 Å². The van der Waals surface area contributed by atoms with E-state index in [0.717, 1.165) is 25.7 Å². The van der Waals surface area contributed by atoms with E-state index >= 15 is 0 Å². The van der Waals surface area contributed by atoms with Crippen molar-refractivity contribution in [3.63, 3.8) is 0 Å². The largest absolute Gasteiger partial charge is 0.449 e. The van der Waals surface area contributed by atoms with Gasteiger partial charge in [0.2, 0.25) is 0 Å². The summed E-state index contributed by atoms with van der Waals surface area (Å²) in [5.41, 5.74) is 0. The zero-order valence-corrected chi connectivity index (χ0v) is 9.47. The first-order chi connectivity index (χ1) is 7.03. The van der Waals surface area contributed by atoms with Gasteiger partial charge < -0.3 is 4.74 Å². The molecule has 0 aromatic rings. The number of hydrogen-bond acceptors (Lipinski definition) is 4. The number of rotatable bonds is 4. The second kappa shape index (κ2) is 5.32. The van der Waals surface area contributed by atoms with Gasteiger partial charge in [-0.3, -0.25) is 0 Å². The van der Waals surface area contributed by atoms with Crippen molar-refractivity contribution in [2.45, 2.75) is 38.6 Å². The summed E-state index contributed by atoms with van der Waals surface area (Å²) in [6, 6.07) is -0.0584. The van der Waals surface area contributed by atoms with Crippen LogP contribution in [0.1, 0.15) is 32.6 Å². The minimum absolute atomic E-state index is 0.0584. The van der Waals surface area contributed by atoms with E-state index in [4.69, 9.17) is 0 Å². The highest BCUT2D eigenvalue weighted by Gasteiger charge is 2.22.